The van der Waals surface area contributed by atoms with Crippen LogP contribution in [0.3, 0.4) is 0 Å². The van der Waals surface area contributed by atoms with Crippen LogP contribution in [0.4, 0.5) is 10.2 Å². The molecule has 0 saturated carbocycles. The molecule has 2 nitrogen and oxygen atoms in total. The average molecular weight is 265 g/mol. The zero-order valence-corrected chi connectivity index (χ0v) is 10.8. The van der Waals surface area contributed by atoms with E-state index in [-0.39, 0.29) is 5.82 Å². The molecule has 94 valence electrons. The molecule has 0 fully saturated rings. The highest BCUT2D eigenvalue weighted by molar-refractivity contribution is 6.18. The van der Waals surface area contributed by atoms with Crippen LogP contribution in [-0.4, -0.2) is 10.9 Å². The second-order valence-corrected chi connectivity index (χ2v) is 4.59. The fraction of sp³-hybridized carbons (Fsp3) is 0.214. The van der Waals surface area contributed by atoms with Gasteiger partial charge in [-0.2, -0.15) is 0 Å². The summed E-state index contributed by atoms with van der Waals surface area (Å²) >= 11 is 6.06. The number of anilines is 1. The summed E-state index contributed by atoms with van der Waals surface area (Å²) in [6.45, 7) is 1.99. The van der Waals surface area contributed by atoms with E-state index in [2.05, 4.69) is 10.3 Å². The van der Waals surface area contributed by atoms with Gasteiger partial charge in [0, 0.05) is 5.88 Å². The summed E-state index contributed by atoms with van der Waals surface area (Å²) in [5.74, 6) is 0.632. The van der Waals surface area contributed by atoms with Gasteiger partial charge in [0.25, 0.3) is 0 Å². The fourth-order valence-corrected chi connectivity index (χ4v) is 1.94. The summed E-state index contributed by atoms with van der Waals surface area (Å²) < 4.78 is 12.8. The molecular weight excluding hydrogens is 251 g/mol. The van der Waals surface area contributed by atoms with Crippen molar-refractivity contribution in [2.75, 3.05) is 11.2 Å². The molecule has 0 radical (unpaired) electrons. The molecule has 1 N–H and O–H groups in total. The summed E-state index contributed by atoms with van der Waals surface area (Å²) in [5, 5.41) is 3.24. The van der Waals surface area contributed by atoms with Gasteiger partial charge >= 0.3 is 0 Å². The average Bonchev–Trinajstić information content (AvgIpc) is 2.42. The van der Waals surface area contributed by atoms with Crippen LogP contribution in [0.2, 0.25) is 0 Å². The smallest absolute Gasteiger partial charge is 0.141 e. The molecule has 2 rings (SSSR count). The Morgan fingerprint density at radius 1 is 1.22 bits per heavy atom. The van der Waals surface area contributed by atoms with Crippen LogP contribution in [0.5, 0.6) is 0 Å². The number of hydrogen-bond donors (Lipinski definition) is 1. The lowest BCUT2D eigenvalue weighted by Gasteiger charge is -2.29. The number of alkyl halides is 1. The molecule has 1 heterocycles. The van der Waals surface area contributed by atoms with Crippen molar-refractivity contribution in [1.29, 1.82) is 0 Å². The molecule has 0 spiro atoms. The molecule has 0 bridgehead atoms. The van der Waals surface area contributed by atoms with Gasteiger partial charge in [-0.15, -0.1) is 11.6 Å². The third kappa shape index (κ3) is 2.79. The zero-order chi connectivity index (χ0) is 13.0. The number of nitrogens with zero attached hydrogens (tertiary/aromatic N) is 1. The van der Waals surface area contributed by atoms with Gasteiger partial charge in [-0.1, -0.05) is 30.3 Å². The minimum Gasteiger partial charge on any atom is -0.360 e. The predicted molar refractivity (Wildman–Crippen MR) is 72.3 cm³/mol. The van der Waals surface area contributed by atoms with Crippen LogP contribution in [0.25, 0.3) is 0 Å². The van der Waals surface area contributed by atoms with Crippen LogP contribution in [0.1, 0.15) is 12.5 Å². The molecule has 18 heavy (non-hydrogen) atoms. The van der Waals surface area contributed by atoms with Crippen molar-refractivity contribution in [3.63, 3.8) is 0 Å². The van der Waals surface area contributed by atoms with E-state index in [0.717, 1.165) is 5.56 Å². The second-order valence-electron chi connectivity index (χ2n) is 4.32. The molecule has 0 aliphatic carbocycles. The third-order valence-corrected chi connectivity index (χ3v) is 3.34. The molecule has 0 amide bonds. The van der Waals surface area contributed by atoms with Crippen molar-refractivity contribution >= 4 is 17.4 Å². The van der Waals surface area contributed by atoms with Gasteiger partial charge in [-0.25, -0.2) is 9.37 Å². The Morgan fingerprint density at radius 3 is 2.50 bits per heavy atom. The van der Waals surface area contributed by atoms with Gasteiger partial charge in [0.15, 0.2) is 0 Å². The van der Waals surface area contributed by atoms with Crippen LogP contribution in [-0.2, 0) is 5.54 Å². The van der Waals surface area contributed by atoms with Crippen molar-refractivity contribution in [3.05, 3.63) is 60.0 Å². The molecule has 0 aliphatic rings. The van der Waals surface area contributed by atoms with Crippen LogP contribution in [0, 0.1) is 5.82 Å². The minimum atomic E-state index is -0.437. The van der Waals surface area contributed by atoms with Gasteiger partial charge in [0.2, 0.25) is 0 Å². The van der Waals surface area contributed by atoms with E-state index >= 15 is 0 Å². The Balaban J connectivity index is 2.26. The SMILES string of the molecule is CC(CCl)(Nc1ccc(F)cn1)c1ccccc1. The van der Waals surface area contributed by atoms with E-state index in [1.807, 2.05) is 37.3 Å². The first-order valence-corrected chi connectivity index (χ1v) is 6.19. The van der Waals surface area contributed by atoms with Crippen LogP contribution >= 0.6 is 11.6 Å². The first-order chi connectivity index (χ1) is 8.64. The van der Waals surface area contributed by atoms with Gasteiger partial charge in [-0.3, -0.25) is 0 Å². The predicted octanol–water partition coefficient (Wildman–Crippen LogP) is 3.79. The summed E-state index contributed by atoms with van der Waals surface area (Å²) in [6.07, 6.45) is 1.18. The van der Waals surface area contributed by atoms with Gasteiger partial charge in [-0.05, 0) is 24.6 Å². The molecule has 0 aliphatic heterocycles. The van der Waals surface area contributed by atoms with Crippen molar-refractivity contribution in [2.24, 2.45) is 0 Å². The quantitative estimate of drug-likeness (QED) is 0.850. The molecule has 0 saturated heterocycles. The van der Waals surface area contributed by atoms with Crippen LogP contribution in [0.15, 0.2) is 48.7 Å². The maximum Gasteiger partial charge on any atom is 0.141 e. The highest BCUT2D eigenvalue weighted by Crippen LogP contribution is 2.26. The number of hydrogen-bond acceptors (Lipinski definition) is 2. The van der Waals surface area contributed by atoms with E-state index in [0.29, 0.717) is 11.7 Å². The maximum atomic E-state index is 12.8. The molecular formula is C14H14ClFN2. The zero-order valence-electron chi connectivity index (χ0n) is 10.0. The lowest BCUT2D eigenvalue weighted by Crippen LogP contribution is -2.34. The molecule has 1 aromatic heterocycles. The van der Waals surface area contributed by atoms with E-state index in [9.17, 15) is 4.39 Å². The number of pyridine rings is 1. The Kier molecular flexibility index (Phi) is 3.82. The molecule has 1 atom stereocenters. The topological polar surface area (TPSA) is 24.9 Å². The Labute approximate surface area is 111 Å². The summed E-state index contributed by atoms with van der Waals surface area (Å²) in [4.78, 5) is 3.99. The molecule has 1 aromatic carbocycles. The fourth-order valence-electron chi connectivity index (χ4n) is 1.72. The second kappa shape index (κ2) is 5.36. The first-order valence-electron chi connectivity index (χ1n) is 5.65. The van der Waals surface area contributed by atoms with Gasteiger partial charge < -0.3 is 5.32 Å². The summed E-state index contributed by atoms with van der Waals surface area (Å²) in [6, 6.07) is 12.8. The standard InChI is InChI=1S/C14H14ClFN2/c1-14(10-15,11-5-3-2-4-6-11)18-13-8-7-12(16)9-17-13/h2-9H,10H2,1H3,(H,17,18). The Bertz CT molecular complexity index is 501. The van der Waals surface area contributed by atoms with E-state index in [1.54, 1.807) is 6.07 Å². The number of rotatable bonds is 4. The van der Waals surface area contributed by atoms with Gasteiger partial charge in [0.05, 0.1) is 11.7 Å². The van der Waals surface area contributed by atoms with Crippen molar-refractivity contribution in [1.82, 2.24) is 4.98 Å². The summed E-state index contributed by atoms with van der Waals surface area (Å²) in [5.41, 5.74) is 0.624. The van der Waals surface area contributed by atoms with Gasteiger partial charge in [0.1, 0.15) is 11.6 Å². The van der Waals surface area contributed by atoms with E-state index in [1.165, 1.54) is 12.3 Å². The highest BCUT2D eigenvalue weighted by Gasteiger charge is 2.25. The first kappa shape index (κ1) is 12.8. The van der Waals surface area contributed by atoms with Crippen molar-refractivity contribution in [2.45, 2.75) is 12.5 Å². The number of benzene rings is 1. The minimum absolute atomic E-state index is 0.354. The summed E-state index contributed by atoms with van der Waals surface area (Å²) in [7, 11) is 0. The molecule has 1 unspecified atom stereocenters. The Morgan fingerprint density at radius 2 is 1.94 bits per heavy atom. The van der Waals surface area contributed by atoms with Crippen LogP contribution < -0.4 is 5.32 Å². The molecule has 2 aromatic rings. The van der Waals surface area contributed by atoms with Crippen molar-refractivity contribution < 1.29 is 4.39 Å². The Hall–Kier alpha value is -1.61. The third-order valence-electron chi connectivity index (χ3n) is 2.81. The molecule has 4 heteroatoms. The largest absolute Gasteiger partial charge is 0.360 e. The van der Waals surface area contributed by atoms with E-state index in [4.69, 9.17) is 11.6 Å². The van der Waals surface area contributed by atoms with E-state index < -0.39 is 5.54 Å². The maximum absolute atomic E-state index is 12.8. The number of halogens is 2. The highest BCUT2D eigenvalue weighted by atomic mass is 35.5. The van der Waals surface area contributed by atoms with Crippen molar-refractivity contribution in [3.8, 4) is 0 Å². The lowest BCUT2D eigenvalue weighted by molar-refractivity contribution is 0.605. The number of aromatic nitrogens is 1. The normalized spacial score (nSPS) is 13.9. The lowest BCUT2D eigenvalue weighted by atomic mass is 9.94. The number of nitrogens with one attached hydrogen (secondary N) is 1. The monoisotopic (exact) mass is 264 g/mol.